The lowest BCUT2D eigenvalue weighted by atomic mass is 9.95. The van der Waals surface area contributed by atoms with Crippen molar-refractivity contribution in [3.05, 3.63) is 89.5 Å². The molecule has 3 aromatic carbocycles. The van der Waals surface area contributed by atoms with Crippen LogP contribution in [0.1, 0.15) is 36.6 Å². The lowest BCUT2D eigenvalue weighted by Crippen LogP contribution is -2.41. The number of aryl methyl sites for hydroxylation is 1. The van der Waals surface area contributed by atoms with Crippen LogP contribution in [0.15, 0.2) is 77.7 Å². The maximum Gasteiger partial charge on any atom is 0.241 e. The van der Waals surface area contributed by atoms with Crippen molar-refractivity contribution in [3.8, 4) is 11.5 Å². The third kappa shape index (κ3) is 4.06. The second-order valence-corrected chi connectivity index (χ2v) is 9.74. The molecule has 6 heteroatoms. The van der Waals surface area contributed by atoms with Crippen LogP contribution < -0.4 is 14.2 Å². The van der Waals surface area contributed by atoms with Crippen LogP contribution in [0, 0.1) is 6.92 Å². The fourth-order valence-corrected chi connectivity index (χ4v) is 4.91. The van der Waals surface area contributed by atoms with Gasteiger partial charge in [0.15, 0.2) is 11.5 Å². The van der Waals surface area contributed by atoms with Crippen molar-refractivity contribution in [1.82, 2.24) is 4.72 Å². The molecule has 1 heterocycles. The summed E-state index contributed by atoms with van der Waals surface area (Å²) in [6.07, 6.45) is 0. The maximum absolute atomic E-state index is 13.0. The van der Waals surface area contributed by atoms with Gasteiger partial charge in [-0.2, -0.15) is 4.72 Å². The zero-order valence-electron chi connectivity index (χ0n) is 17.3. The minimum Gasteiger partial charge on any atom is -0.485 e. The van der Waals surface area contributed by atoms with Crippen LogP contribution in [0.5, 0.6) is 11.5 Å². The van der Waals surface area contributed by atoms with Crippen molar-refractivity contribution in [3.63, 3.8) is 0 Å². The van der Waals surface area contributed by atoms with Gasteiger partial charge < -0.3 is 9.47 Å². The van der Waals surface area contributed by atoms with E-state index in [0.717, 1.165) is 16.7 Å². The van der Waals surface area contributed by atoms with Gasteiger partial charge in [-0.15, -0.1) is 0 Å². The molecule has 3 aromatic rings. The molecule has 0 aliphatic carbocycles. The van der Waals surface area contributed by atoms with Gasteiger partial charge in [0.05, 0.1) is 10.9 Å². The van der Waals surface area contributed by atoms with E-state index in [1.54, 1.807) is 24.3 Å². The van der Waals surface area contributed by atoms with Gasteiger partial charge in [0.25, 0.3) is 0 Å². The highest BCUT2D eigenvalue weighted by Gasteiger charge is 2.44. The highest BCUT2D eigenvalue weighted by molar-refractivity contribution is 7.89. The van der Waals surface area contributed by atoms with Gasteiger partial charge in [-0.25, -0.2) is 8.42 Å². The van der Waals surface area contributed by atoms with Gasteiger partial charge in [0.2, 0.25) is 10.0 Å². The molecule has 0 bridgehead atoms. The van der Waals surface area contributed by atoms with Crippen LogP contribution in [-0.4, -0.2) is 14.0 Å². The largest absolute Gasteiger partial charge is 0.485 e. The quantitative estimate of drug-likeness (QED) is 0.621. The number of benzene rings is 3. The van der Waals surface area contributed by atoms with Crippen LogP contribution >= 0.6 is 0 Å². The van der Waals surface area contributed by atoms with Crippen LogP contribution in [0.3, 0.4) is 0 Å². The summed E-state index contributed by atoms with van der Waals surface area (Å²) in [5, 5.41) is 0. The highest BCUT2D eigenvalue weighted by atomic mass is 32.2. The van der Waals surface area contributed by atoms with Crippen molar-refractivity contribution >= 4 is 10.0 Å². The molecule has 1 N–H and O–H groups in total. The molecule has 0 radical (unpaired) electrons. The Hall–Kier alpha value is -2.83. The molecule has 156 valence electrons. The fraction of sp³-hybridized carbons (Fsp3) is 0.250. The molecule has 0 saturated heterocycles. The maximum atomic E-state index is 13.0. The smallest absolute Gasteiger partial charge is 0.241 e. The van der Waals surface area contributed by atoms with E-state index in [0.29, 0.717) is 18.1 Å². The van der Waals surface area contributed by atoms with Crippen LogP contribution in [0.25, 0.3) is 0 Å². The number of hydrogen-bond donors (Lipinski definition) is 1. The van der Waals surface area contributed by atoms with Crippen LogP contribution in [-0.2, 0) is 16.6 Å². The van der Waals surface area contributed by atoms with E-state index in [2.05, 4.69) is 4.72 Å². The van der Waals surface area contributed by atoms with Crippen LogP contribution in [0.2, 0.25) is 0 Å². The van der Waals surface area contributed by atoms with Crippen molar-refractivity contribution in [2.24, 2.45) is 0 Å². The Bertz CT molecular complexity index is 1140. The predicted octanol–water partition coefficient (Wildman–Crippen LogP) is 4.76. The monoisotopic (exact) mass is 423 g/mol. The summed E-state index contributed by atoms with van der Waals surface area (Å²) in [4.78, 5) is 0.230. The number of para-hydroxylation sites is 1. The van der Waals surface area contributed by atoms with Crippen molar-refractivity contribution < 1.29 is 17.9 Å². The number of fused-ring (bicyclic) bond motifs is 1. The zero-order chi connectivity index (χ0) is 21.4. The predicted molar refractivity (Wildman–Crippen MR) is 116 cm³/mol. The van der Waals surface area contributed by atoms with E-state index in [9.17, 15) is 8.42 Å². The van der Waals surface area contributed by atoms with E-state index in [-0.39, 0.29) is 4.90 Å². The normalized spacial score (nSPS) is 17.2. The zero-order valence-corrected chi connectivity index (χ0v) is 18.1. The molecular weight excluding hydrogens is 398 g/mol. The summed E-state index contributed by atoms with van der Waals surface area (Å²) in [6.45, 7) is 6.07. The van der Waals surface area contributed by atoms with Gasteiger partial charge in [0.1, 0.15) is 12.2 Å². The molecule has 1 aliphatic rings. The van der Waals surface area contributed by atoms with E-state index < -0.39 is 21.7 Å². The lowest BCUT2D eigenvalue weighted by molar-refractivity contribution is 0.101. The van der Waals surface area contributed by atoms with Crippen molar-refractivity contribution in [2.45, 2.75) is 43.9 Å². The second kappa shape index (κ2) is 7.78. The first-order chi connectivity index (χ1) is 14.3. The molecule has 0 fully saturated rings. The number of sulfonamides is 1. The molecule has 1 aliphatic heterocycles. The average molecular weight is 424 g/mol. The van der Waals surface area contributed by atoms with Gasteiger partial charge in [-0.1, -0.05) is 60.2 Å². The standard InChI is InChI=1S/C24H25NO4S/c1-17-12-14-19(15-13-17)30(26,27)25-23-20-10-7-11-21(22(20)29-24(23,2)3)28-16-18-8-5-4-6-9-18/h4-15,23,25H,16H2,1-3H3. The molecule has 5 nitrogen and oxygen atoms in total. The van der Waals surface area contributed by atoms with E-state index in [1.165, 1.54) is 0 Å². The summed E-state index contributed by atoms with van der Waals surface area (Å²) in [7, 11) is -3.71. The Kier molecular flexibility index (Phi) is 5.30. The molecule has 0 aromatic heterocycles. The number of hydrogen-bond acceptors (Lipinski definition) is 4. The van der Waals surface area contributed by atoms with Gasteiger partial charge in [-0.05, 0) is 44.5 Å². The van der Waals surface area contributed by atoms with Gasteiger partial charge in [0, 0.05) is 5.56 Å². The molecule has 0 saturated carbocycles. The minimum atomic E-state index is -3.71. The summed E-state index contributed by atoms with van der Waals surface area (Å²) in [5.41, 5.74) is 2.04. The average Bonchev–Trinajstić information content (AvgIpc) is 2.97. The first kappa shape index (κ1) is 20.4. The highest BCUT2D eigenvalue weighted by Crippen LogP contribution is 2.48. The van der Waals surface area contributed by atoms with E-state index in [4.69, 9.17) is 9.47 Å². The van der Waals surface area contributed by atoms with Crippen LogP contribution in [0.4, 0.5) is 0 Å². The Morgan fingerprint density at radius 3 is 2.37 bits per heavy atom. The number of ether oxygens (including phenoxy) is 2. The molecule has 4 rings (SSSR count). The first-order valence-electron chi connectivity index (χ1n) is 9.84. The third-order valence-electron chi connectivity index (χ3n) is 5.22. The number of rotatable bonds is 6. The van der Waals surface area contributed by atoms with E-state index in [1.807, 2.05) is 69.3 Å². The summed E-state index contributed by atoms with van der Waals surface area (Å²) >= 11 is 0. The number of nitrogens with one attached hydrogen (secondary N) is 1. The molecule has 1 unspecified atom stereocenters. The van der Waals surface area contributed by atoms with Gasteiger partial charge >= 0.3 is 0 Å². The molecule has 1 atom stereocenters. The van der Waals surface area contributed by atoms with Crippen molar-refractivity contribution in [1.29, 1.82) is 0 Å². The summed E-state index contributed by atoms with van der Waals surface area (Å²) < 4.78 is 41.0. The Morgan fingerprint density at radius 2 is 1.67 bits per heavy atom. The van der Waals surface area contributed by atoms with Gasteiger partial charge in [-0.3, -0.25) is 0 Å². The van der Waals surface area contributed by atoms with Crippen molar-refractivity contribution in [2.75, 3.05) is 0 Å². The first-order valence-corrected chi connectivity index (χ1v) is 11.3. The topological polar surface area (TPSA) is 64.6 Å². The third-order valence-corrected chi connectivity index (χ3v) is 6.66. The SMILES string of the molecule is Cc1ccc(S(=O)(=O)NC2c3cccc(OCc4ccccc4)c3OC2(C)C)cc1. The Labute approximate surface area is 177 Å². The summed E-state index contributed by atoms with van der Waals surface area (Å²) in [6, 6.07) is 21.7. The van der Waals surface area contributed by atoms with E-state index >= 15 is 0 Å². The Balaban J connectivity index is 1.61. The lowest BCUT2D eigenvalue weighted by Gasteiger charge is -2.27. The summed E-state index contributed by atoms with van der Waals surface area (Å²) in [5.74, 6) is 1.18. The fourth-order valence-electron chi connectivity index (χ4n) is 3.56. The molecule has 30 heavy (non-hydrogen) atoms. The molecular formula is C24H25NO4S. The minimum absolute atomic E-state index is 0.230. The molecule has 0 spiro atoms. The Morgan fingerprint density at radius 1 is 0.967 bits per heavy atom. The molecule has 0 amide bonds. The second-order valence-electron chi connectivity index (χ2n) is 8.02.